The molecule has 0 N–H and O–H groups in total. The Morgan fingerprint density at radius 1 is 1.12 bits per heavy atom. The lowest BCUT2D eigenvalue weighted by Crippen LogP contribution is -2.40. The number of hydrogen-bond donors (Lipinski definition) is 0. The van der Waals surface area contributed by atoms with Gasteiger partial charge in [-0.05, 0) is 43.5 Å². The number of ether oxygens (including phenoxy) is 2. The van der Waals surface area contributed by atoms with Crippen LogP contribution in [0.3, 0.4) is 0 Å². The summed E-state index contributed by atoms with van der Waals surface area (Å²) in [5.41, 5.74) is 4.33. The van der Waals surface area contributed by atoms with Crippen LogP contribution in [0, 0.1) is 0 Å². The molecule has 0 aliphatic carbocycles. The third-order valence-corrected chi connectivity index (χ3v) is 5.40. The fourth-order valence-corrected chi connectivity index (χ4v) is 3.97. The van der Waals surface area contributed by atoms with Crippen molar-refractivity contribution in [2.45, 2.75) is 52.7 Å². The lowest BCUT2D eigenvalue weighted by atomic mass is 9.90. The first kappa shape index (κ1) is 17.7. The molecule has 1 aromatic rings. The van der Waals surface area contributed by atoms with Crippen LogP contribution in [0.1, 0.15) is 43.9 Å². The predicted octanol–water partition coefficient (Wildman–Crippen LogP) is 3.07. The molecule has 1 fully saturated rings. The second-order valence-corrected chi connectivity index (χ2v) is 6.88. The van der Waals surface area contributed by atoms with Gasteiger partial charge in [0, 0.05) is 37.8 Å². The van der Waals surface area contributed by atoms with Gasteiger partial charge in [-0.25, -0.2) is 0 Å². The van der Waals surface area contributed by atoms with Crippen molar-refractivity contribution in [3.63, 3.8) is 0 Å². The number of hydrogen-bond acceptors (Lipinski definition) is 4. The highest BCUT2D eigenvalue weighted by molar-refractivity contribution is 5.44. The summed E-state index contributed by atoms with van der Waals surface area (Å²) in [5, 5.41) is 0. The van der Waals surface area contributed by atoms with Crippen LogP contribution in [-0.2, 0) is 24.2 Å². The number of nitrogens with zero attached hydrogens (tertiary/aromatic N) is 2. The Hall–Kier alpha value is -1.10. The maximum Gasteiger partial charge on any atom is 0.124 e. The van der Waals surface area contributed by atoms with Crippen LogP contribution in [0.2, 0.25) is 0 Å². The highest BCUT2D eigenvalue weighted by atomic mass is 16.5. The molecular formula is C20H32N2O2. The normalized spacial score (nSPS) is 22.4. The summed E-state index contributed by atoms with van der Waals surface area (Å²) in [7, 11) is 0. The molecule has 4 heteroatoms. The van der Waals surface area contributed by atoms with E-state index in [-0.39, 0.29) is 0 Å². The quantitative estimate of drug-likeness (QED) is 0.799. The SMILES string of the molecule is CCOc1cc2c(cc1CN1CCOCC1)CC(CC)N(CC)C2. The zero-order valence-electron chi connectivity index (χ0n) is 15.5. The molecule has 1 unspecified atom stereocenters. The van der Waals surface area contributed by atoms with Crippen molar-refractivity contribution in [1.29, 1.82) is 0 Å². The number of fused-ring (bicyclic) bond motifs is 1. The molecule has 1 saturated heterocycles. The number of morpholine rings is 1. The Balaban J connectivity index is 1.85. The van der Waals surface area contributed by atoms with Crippen molar-refractivity contribution >= 4 is 0 Å². The summed E-state index contributed by atoms with van der Waals surface area (Å²) >= 11 is 0. The van der Waals surface area contributed by atoms with E-state index in [2.05, 4.69) is 42.7 Å². The van der Waals surface area contributed by atoms with E-state index in [4.69, 9.17) is 9.47 Å². The third kappa shape index (κ3) is 3.93. The van der Waals surface area contributed by atoms with Gasteiger partial charge >= 0.3 is 0 Å². The number of rotatable bonds is 6. The van der Waals surface area contributed by atoms with Crippen LogP contribution in [0.5, 0.6) is 5.75 Å². The van der Waals surface area contributed by atoms with E-state index in [1.54, 1.807) is 0 Å². The van der Waals surface area contributed by atoms with Crippen molar-refractivity contribution in [3.8, 4) is 5.75 Å². The minimum atomic E-state index is 0.677. The van der Waals surface area contributed by atoms with Crippen molar-refractivity contribution in [1.82, 2.24) is 9.80 Å². The molecule has 0 aromatic heterocycles. The van der Waals surface area contributed by atoms with Gasteiger partial charge < -0.3 is 9.47 Å². The first-order valence-electron chi connectivity index (χ1n) is 9.56. The molecule has 24 heavy (non-hydrogen) atoms. The van der Waals surface area contributed by atoms with Crippen LogP contribution < -0.4 is 4.74 Å². The van der Waals surface area contributed by atoms with Crippen LogP contribution in [0.25, 0.3) is 0 Å². The minimum Gasteiger partial charge on any atom is -0.494 e. The van der Waals surface area contributed by atoms with Gasteiger partial charge in [-0.1, -0.05) is 19.9 Å². The molecule has 1 aromatic carbocycles. The molecule has 2 aliphatic heterocycles. The van der Waals surface area contributed by atoms with E-state index in [1.807, 2.05) is 0 Å². The maximum atomic E-state index is 5.99. The standard InChI is InChI=1S/C20H32N2O2/c1-4-19-12-16-11-18(14-21-7-9-23-10-8-21)20(24-6-3)13-17(16)15-22(19)5-2/h11,13,19H,4-10,12,14-15H2,1-3H3. The van der Waals surface area contributed by atoms with E-state index in [1.165, 1.54) is 29.5 Å². The van der Waals surface area contributed by atoms with Gasteiger partial charge in [-0.15, -0.1) is 0 Å². The monoisotopic (exact) mass is 332 g/mol. The molecule has 134 valence electrons. The first-order chi connectivity index (χ1) is 11.7. The highest BCUT2D eigenvalue weighted by Gasteiger charge is 2.25. The topological polar surface area (TPSA) is 24.9 Å². The smallest absolute Gasteiger partial charge is 0.124 e. The predicted molar refractivity (Wildman–Crippen MR) is 97.6 cm³/mol. The summed E-state index contributed by atoms with van der Waals surface area (Å²) in [5.74, 6) is 1.08. The molecule has 2 aliphatic rings. The van der Waals surface area contributed by atoms with E-state index >= 15 is 0 Å². The Bertz CT molecular complexity index is 541. The van der Waals surface area contributed by atoms with E-state index in [0.29, 0.717) is 6.04 Å². The third-order valence-electron chi connectivity index (χ3n) is 5.40. The summed E-state index contributed by atoms with van der Waals surface area (Å²) in [6.07, 6.45) is 2.39. The lowest BCUT2D eigenvalue weighted by Gasteiger charge is -2.36. The molecule has 1 atom stereocenters. The minimum absolute atomic E-state index is 0.677. The molecular weight excluding hydrogens is 300 g/mol. The lowest BCUT2D eigenvalue weighted by molar-refractivity contribution is 0.0338. The van der Waals surface area contributed by atoms with Crippen molar-refractivity contribution < 1.29 is 9.47 Å². The van der Waals surface area contributed by atoms with Crippen LogP contribution in [0.15, 0.2) is 12.1 Å². The van der Waals surface area contributed by atoms with Gasteiger partial charge in [0.25, 0.3) is 0 Å². The molecule has 0 saturated carbocycles. The molecule has 3 rings (SSSR count). The van der Waals surface area contributed by atoms with Crippen molar-refractivity contribution in [2.75, 3.05) is 39.5 Å². The van der Waals surface area contributed by atoms with Gasteiger partial charge in [0.15, 0.2) is 0 Å². The van der Waals surface area contributed by atoms with Crippen LogP contribution >= 0.6 is 0 Å². The molecule has 4 nitrogen and oxygen atoms in total. The van der Waals surface area contributed by atoms with Crippen molar-refractivity contribution in [2.24, 2.45) is 0 Å². The molecule has 0 amide bonds. The molecule has 0 radical (unpaired) electrons. The van der Waals surface area contributed by atoms with Gasteiger partial charge in [-0.2, -0.15) is 0 Å². The van der Waals surface area contributed by atoms with E-state index in [9.17, 15) is 0 Å². The average molecular weight is 332 g/mol. The Morgan fingerprint density at radius 3 is 2.58 bits per heavy atom. The largest absolute Gasteiger partial charge is 0.494 e. The molecule has 2 heterocycles. The summed E-state index contributed by atoms with van der Waals surface area (Å²) in [6, 6.07) is 5.41. The fraction of sp³-hybridized carbons (Fsp3) is 0.700. The molecule has 0 bridgehead atoms. The first-order valence-corrected chi connectivity index (χ1v) is 9.56. The average Bonchev–Trinajstić information content (AvgIpc) is 2.62. The summed E-state index contributed by atoms with van der Waals surface area (Å²) in [4.78, 5) is 5.08. The summed E-state index contributed by atoms with van der Waals surface area (Å²) in [6.45, 7) is 14.3. The van der Waals surface area contributed by atoms with Gasteiger partial charge in [0.2, 0.25) is 0 Å². The van der Waals surface area contributed by atoms with Gasteiger partial charge in [-0.3, -0.25) is 9.80 Å². The fourth-order valence-electron chi connectivity index (χ4n) is 3.97. The van der Waals surface area contributed by atoms with E-state index in [0.717, 1.165) is 58.3 Å². The zero-order chi connectivity index (χ0) is 16.9. The Kier molecular flexibility index (Phi) is 6.14. The maximum absolute atomic E-state index is 5.99. The van der Waals surface area contributed by atoms with Crippen LogP contribution in [-0.4, -0.2) is 55.3 Å². The Labute approximate surface area is 146 Å². The van der Waals surface area contributed by atoms with Crippen molar-refractivity contribution in [3.05, 3.63) is 28.8 Å². The Morgan fingerprint density at radius 2 is 1.92 bits per heavy atom. The van der Waals surface area contributed by atoms with Gasteiger partial charge in [0.1, 0.15) is 5.75 Å². The highest BCUT2D eigenvalue weighted by Crippen LogP contribution is 2.32. The van der Waals surface area contributed by atoms with E-state index < -0.39 is 0 Å². The van der Waals surface area contributed by atoms with Gasteiger partial charge in [0.05, 0.1) is 19.8 Å². The summed E-state index contributed by atoms with van der Waals surface area (Å²) < 4.78 is 11.5. The van der Waals surface area contributed by atoms with Crippen LogP contribution in [0.4, 0.5) is 0 Å². The number of likely N-dealkylation sites (N-methyl/N-ethyl adjacent to an activating group) is 1. The second kappa shape index (κ2) is 8.32. The second-order valence-electron chi connectivity index (χ2n) is 6.88. The molecule has 0 spiro atoms. The number of benzene rings is 1. The zero-order valence-corrected chi connectivity index (χ0v) is 15.5.